The van der Waals surface area contributed by atoms with Gasteiger partial charge in [0.2, 0.25) is 0 Å². The zero-order chi connectivity index (χ0) is 23.8. The lowest BCUT2D eigenvalue weighted by atomic mass is 10.1. The van der Waals surface area contributed by atoms with Crippen LogP contribution >= 0.6 is 0 Å². The lowest BCUT2D eigenvalue weighted by Crippen LogP contribution is -2.43. The molecule has 1 unspecified atom stereocenters. The number of hydrogen-bond donors (Lipinski definition) is 0. The number of Topliss-reactive ketones (excluding diaryl/α,β-unsaturated/α-hetero) is 1. The molecule has 30 heavy (non-hydrogen) atoms. The van der Waals surface area contributed by atoms with Crippen LogP contribution in [0.15, 0.2) is 0 Å². The molecule has 0 spiro atoms. The lowest BCUT2D eigenvalue weighted by molar-refractivity contribution is -0.108. The predicted octanol–water partition coefficient (Wildman–Crippen LogP) is 6.94. The van der Waals surface area contributed by atoms with Gasteiger partial charge in [0.25, 0.3) is 5.78 Å². The number of carbonyl (C=O) groups is 1. The highest BCUT2D eigenvalue weighted by molar-refractivity contribution is 6.74. The van der Waals surface area contributed by atoms with Crippen molar-refractivity contribution in [2.24, 2.45) is 0 Å². The van der Waals surface area contributed by atoms with E-state index < -0.39 is 16.6 Å². The molecule has 0 aromatic heterocycles. The van der Waals surface area contributed by atoms with Gasteiger partial charge in [-0.1, -0.05) is 60.3 Å². The topological polar surface area (TPSA) is 35.5 Å². The third kappa shape index (κ3) is 10.4. The molecule has 0 aliphatic heterocycles. The van der Waals surface area contributed by atoms with Crippen molar-refractivity contribution in [2.45, 2.75) is 130 Å². The van der Waals surface area contributed by atoms with Crippen LogP contribution in [0.1, 0.15) is 81.1 Å². The van der Waals surface area contributed by atoms with Gasteiger partial charge in [-0.3, -0.25) is 4.79 Å². The maximum absolute atomic E-state index is 11.9. The van der Waals surface area contributed by atoms with E-state index in [-0.39, 0.29) is 28.1 Å². The molecule has 0 amide bonds. The largest absolute Gasteiger partial charge is 0.414 e. The van der Waals surface area contributed by atoms with Gasteiger partial charge in [-0.2, -0.15) is 0 Å². The molecule has 0 saturated carbocycles. The molecular formula is C25H46O3Si2. The molecule has 0 heterocycles. The first-order valence-electron chi connectivity index (χ1n) is 11.3. The summed E-state index contributed by atoms with van der Waals surface area (Å²) < 4.78 is 12.7. The molecule has 2 atom stereocenters. The smallest absolute Gasteiger partial charge is 0.279 e. The lowest BCUT2D eigenvalue weighted by Gasteiger charge is -2.39. The molecule has 0 saturated heterocycles. The van der Waals surface area contributed by atoms with Crippen molar-refractivity contribution in [3.05, 3.63) is 0 Å². The molecule has 0 aromatic rings. The molecule has 0 rings (SSSR count). The average Bonchev–Trinajstić information content (AvgIpc) is 2.54. The van der Waals surface area contributed by atoms with Crippen molar-refractivity contribution in [1.29, 1.82) is 0 Å². The van der Waals surface area contributed by atoms with E-state index in [4.69, 9.17) is 8.85 Å². The molecule has 0 N–H and O–H groups in total. The molecule has 0 aliphatic carbocycles. The van der Waals surface area contributed by atoms with Gasteiger partial charge >= 0.3 is 0 Å². The summed E-state index contributed by atoms with van der Waals surface area (Å²) in [6.45, 7) is 26.6. The number of carbonyl (C=O) groups excluding carboxylic acids is 1. The average molecular weight is 451 g/mol. The second-order valence-corrected chi connectivity index (χ2v) is 20.8. The molecule has 0 fully saturated rings. The van der Waals surface area contributed by atoms with Gasteiger partial charge in [0.1, 0.15) is 0 Å². The van der Waals surface area contributed by atoms with Crippen LogP contribution in [0.25, 0.3) is 0 Å². The van der Waals surface area contributed by atoms with Crippen LogP contribution in [0.4, 0.5) is 0 Å². The minimum Gasteiger partial charge on any atom is -0.414 e. The molecule has 0 bridgehead atoms. The van der Waals surface area contributed by atoms with Crippen LogP contribution < -0.4 is 0 Å². The molecule has 0 radical (unpaired) electrons. The Morgan fingerprint density at radius 2 is 1.33 bits per heavy atom. The van der Waals surface area contributed by atoms with Crippen LogP contribution in [0.5, 0.6) is 0 Å². The normalized spacial score (nSPS) is 14.8. The fourth-order valence-electron chi connectivity index (χ4n) is 2.34. The molecule has 5 heteroatoms. The van der Waals surface area contributed by atoms with Crippen LogP contribution in [0.3, 0.4) is 0 Å². The Hall–Kier alpha value is -0.856. The van der Waals surface area contributed by atoms with Crippen LogP contribution in [0.2, 0.25) is 36.3 Å². The fourth-order valence-corrected chi connectivity index (χ4v) is 5.26. The minimum absolute atomic E-state index is 0.0250. The van der Waals surface area contributed by atoms with Crippen molar-refractivity contribution in [1.82, 2.24) is 0 Å². The Labute approximate surface area is 189 Å². The second kappa shape index (κ2) is 11.7. The number of hydrogen-bond acceptors (Lipinski definition) is 3. The number of ketones is 1. The van der Waals surface area contributed by atoms with Crippen molar-refractivity contribution in [2.75, 3.05) is 0 Å². The summed E-state index contributed by atoms with van der Waals surface area (Å²) in [6.07, 6.45) is 3.26. The highest BCUT2D eigenvalue weighted by atomic mass is 28.4. The van der Waals surface area contributed by atoms with E-state index in [2.05, 4.69) is 98.3 Å². The van der Waals surface area contributed by atoms with Gasteiger partial charge < -0.3 is 8.85 Å². The van der Waals surface area contributed by atoms with E-state index in [0.29, 0.717) is 12.8 Å². The Bertz CT molecular complexity index is 674. The maximum Gasteiger partial charge on any atom is 0.279 e. The standard InChI is InChI=1S/C25H46O3Si2/c1-13-23(28-30(11,12)25(6,7)8)20-15-14-18-22(26)19-16-17-21(2)27-29(9,10)24(3,4)5/h21,23H,13,15,17,20H2,1-12H3/t21-,23?/m0/s1. The fraction of sp³-hybridized carbons (Fsp3) is 0.800. The molecule has 3 nitrogen and oxygen atoms in total. The first-order valence-corrected chi connectivity index (χ1v) is 17.1. The van der Waals surface area contributed by atoms with Gasteiger partial charge in [-0.05, 0) is 67.9 Å². The van der Waals surface area contributed by atoms with Gasteiger partial charge in [0, 0.05) is 18.9 Å². The predicted molar refractivity (Wildman–Crippen MR) is 135 cm³/mol. The highest BCUT2D eigenvalue weighted by Crippen LogP contribution is 2.38. The molecular weight excluding hydrogens is 404 g/mol. The van der Waals surface area contributed by atoms with Crippen molar-refractivity contribution < 1.29 is 13.6 Å². The minimum atomic E-state index is -1.80. The van der Waals surface area contributed by atoms with E-state index >= 15 is 0 Å². The monoisotopic (exact) mass is 450 g/mol. The Morgan fingerprint density at radius 3 is 1.80 bits per heavy atom. The van der Waals surface area contributed by atoms with Crippen LogP contribution in [0, 0.1) is 23.7 Å². The van der Waals surface area contributed by atoms with Gasteiger partial charge in [0.05, 0.1) is 6.10 Å². The van der Waals surface area contributed by atoms with E-state index in [0.717, 1.165) is 12.8 Å². The first kappa shape index (κ1) is 29.1. The van der Waals surface area contributed by atoms with Gasteiger partial charge in [0.15, 0.2) is 16.6 Å². The van der Waals surface area contributed by atoms with Crippen molar-refractivity contribution in [3.63, 3.8) is 0 Å². The summed E-state index contributed by atoms with van der Waals surface area (Å²) in [7, 11) is -3.58. The molecule has 0 aromatic carbocycles. The summed E-state index contributed by atoms with van der Waals surface area (Å²) in [5.74, 6) is 10.9. The number of rotatable bonds is 8. The Balaban J connectivity index is 4.58. The maximum atomic E-state index is 11.9. The highest BCUT2D eigenvalue weighted by Gasteiger charge is 2.39. The van der Waals surface area contributed by atoms with Crippen molar-refractivity contribution >= 4 is 22.4 Å². The van der Waals surface area contributed by atoms with E-state index in [1.54, 1.807) is 0 Å². The molecule has 172 valence electrons. The van der Waals surface area contributed by atoms with Crippen LogP contribution in [-0.4, -0.2) is 34.6 Å². The van der Waals surface area contributed by atoms with Crippen molar-refractivity contribution in [3.8, 4) is 23.7 Å². The van der Waals surface area contributed by atoms with E-state index in [1.807, 2.05) is 6.92 Å². The summed E-state index contributed by atoms with van der Waals surface area (Å²) in [5.41, 5.74) is 0. The zero-order valence-corrected chi connectivity index (χ0v) is 23.7. The Morgan fingerprint density at radius 1 is 0.867 bits per heavy atom. The third-order valence-corrected chi connectivity index (χ3v) is 15.5. The van der Waals surface area contributed by atoms with E-state index in [1.165, 1.54) is 0 Å². The van der Waals surface area contributed by atoms with Crippen LogP contribution in [-0.2, 0) is 13.6 Å². The van der Waals surface area contributed by atoms with Gasteiger partial charge in [-0.25, -0.2) is 0 Å². The second-order valence-electron chi connectivity index (χ2n) is 11.3. The Kier molecular flexibility index (Phi) is 11.3. The van der Waals surface area contributed by atoms with Gasteiger partial charge in [-0.15, -0.1) is 0 Å². The molecule has 0 aliphatic rings. The summed E-state index contributed by atoms with van der Waals surface area (Å²) in [5, 5.41) is 0.365. The summed E-state index contributed by atoms with van der Waals surface area (Å²) >= 11 is 0. The SMILES string of the molecule is CCC(CCC#CC(=O)C#CC[C@H](C)O[Si](C)(C)C(C)(C)C)O[Si](C)(C)C(C)(C)C. The quantitative estimate of drug-likeness (QED) is 0.228. The first-order chi connectivity index (χ1) is 13.4. The summed E-state index contributed by atoms with van der Waals surface area (Å²) in [6, 6.07) is 0. The van der Waals surface area contributed by atoms with E-state index in [9.17, 15) is 4.79 Å². The third-order valence-electron chi connectivity index (χ3n) is 6.41. The summed E-state index contributed by atoms with van der Waals surface area (Å²) in [4.78, 5) is 11.9. The zero-order valence-electron chi connectivity index (χ0n) is 21.7.